The van der Waals surface area contributed by atoms with Crippen LogP contribution < -0.4 is 5.32 Å². The molecule has 2 rings (SSSR count). The summed E-state index contributed by atoms with van der Waals surface area (Å²) in [5, 5.41) is 24.4. The summed E-state index contributed by atoms with van der Waals surface area (Å²) in [6, 6.07) is 8.06. The SMILES string of the molecule is Cc1ccccc1Nc1ncc([N+](=O)[O-])cc1[N+](=O)[O-]. The Morgan fingerprint density at radius 2 is 1.85 bits per heavy atom. The van der Waals surface area contributed by atoms with Gasteiger partial charge in [-0.2, -0.15) is 0 Å². The van der Waals surface area contributed by atoms with Crippen molar-refractivity contribution >= 4 is 22.9 Å². The topological polar surface area (TPSA) is 111 Å². The lowest BCUT2D eigenvalue weighted by atomic mass is 10.2. The van der Waals surface area contributed by atoms with Crippen LogP contribution in [0.4, 0.5) is 22.9 Å². The van der Waals surface area contributed by atoms with E-state index in [0.29, 0.717) is 5.69 Å². The summed E-state index contributed by atoms with van der Waals surface area (Å²) in [6.45, 7) is 1.83. The number of hydrogen-bond acceptors (Lipinski definition) is 6. The molecule has 0 saturated carbocycles. The van der Waals surface area contributed by atoms with E-state index in [0.717, 1.165) is 17.8 Å². The standard InChI is InChI=1S/C12H10N4O4/c1-8-4-2-3-5-10(8)14-12-11(16(19)20)6-9(7-13-12)15(17)18/h2-7H,1H3,(H,13,14). The Bertz CT molecular complexity index is 687. The highest BCUT2D eigenvalue weighted by Crippen LogP contribution is 2.29. The van der Waals surface area contributed by atoms with Gasteiger partial charge in [-0.15, -0.1) is 0 Å². The molecule has 8 heteroatoms. The van der Waals surface area contributed by atoms with Gasteiger partial charge >= 0.3 is 5.69 Å². The predicted octanol–water partition coefficient (Wildman–Crippen LogP) is 2.95. The van der Waals surface area contributed by atoms with Gasteiger partial charge in [-0.25, -0.2) is 4.98 Å². The molecule has 1 heterocycles. The fourth-order valence-corrected chi connectivity index (χ4v) is 1.62. The van der Waals surface area contributed by atoms with Crippen LogP contribution in [-0.4, -0.2) is 14.8 Å². The number of para-hydroxylation sites is 1. The van der Waals surface area contributed by atoms with Crippen molar-refractivity contribution in [2.45, 2.75) is 6.92 Å². The molecule has 0 bridgehead atoms. The van der Waals surface area contributed by atoms with Gasteiger partial charge in [0.2, 0.25) is 5.82 Å². The molecule has 1 N–H and O–H groups in total. The molecular formula is C12H10N4O4. The Labute approximate surface area is 113 Å². The molecule has 8 nitrogen and oxygen atoms in total. The maximum absolute atomic E-state index is 11.0. The fourth-order valence-electron chi connectivity index (χ4n) is 1.62. The van der Waals surface area contributed by atoms with Crippen molar-refractivity contribution in [2.24, 2.45) is 0 Å². The lowest BCUT2D eigenvalue weighted by molar-refractivity contribution is -0.394. The minimum atomic E-state index is -0.725. The average molecular weight is 274 g/mol. The number of anilines is 2. The molecule has 2 aromatic rings. The summed E-state index contributed by atoms with van der Waals surface area (Å²) >= 11 is 0. The third kappa shape index (κ3) is 2.69. The van der Waals surface area contributed by atoms with Gasteiger partial charge in [0.15, 0.2) is 0 Å². The molecule has 0 fully saturated rings. The van der Waals surface area contributed by atoms with Crippen molar-refractivity contribution in [3.63, 3.8) is 0 Å². The lowest BCUT2D eigenvalue weighted by Gasteiger charge is -2.08. The van der Waals surface area contributed by atoms with Gasteiger partial charge in [0, 0.05) is 5.69 Å². The van der Waals surface area contributed by atoms with E-state index in [4.69, 9.17) is 0 Å². The van der Waals surface area contributed by atoms with Crippen LogP contribution in [0.1, 0.15) is 5.56 Å². The number of rotatable bonds is 4. The first kappa shape index (κ1) is 13.4. The predicted molar refractivity (Wildman–Crippen MR) is 72.0 cm³/mol. The number of nitrogens with zero attached hydrogens (tertiary/aromatic N) is 3. The van der Waals surface area contributed by atoms with E-state index in [1.54, 1.807) is 12.1 Å². The van der Waals surface area contributed by atoms with E-state index in [9.17, 15) is 20.2 Å². The van der Waals surface area contributed by atoms with E-state index < -0.39 is 21.2 Å². The molecule has 0 spiro atoms. The van der Waals surface area contributed by atoms with Crippen LogP contribution in [0.25, 0.3) is 0 Å². The van der Waals surface area contributed by atoms with E-state index in [-0.39, 0.29) is 5.82 Å². The van der Waals surface area contributed by atoms with Crippen LogP contribution in [-0.2, 0) is 0 Å². The van der Waals surface area contributed by atoms with Crippen LogP contribution in [0.15, 0.2) is 36.5 Å². The summed E-state index contributed by atoms with van der Waals surface area (Å²) in [7, 11) is 0. The number of aryl methyl sites for hydroxylation is 1. The Kier molecular flexibility index (Phi) is 3.56. The molecule has 0 radical (unpaired) electrons. The van der Waals surface area contributed by atoms with Gasteiger partial charge in [-0.3, -0.25) is 20.2 Å². The second-order valence-electron chi connectivity index (χ2n) is 4.02. The molecule has 0 aliphatic heterocycles. The first-order valence-corrected chi connectivity index (χ1v) is 5.60. The van der Waals surface area contributed by atoms with Crippen molar-refractivity contribution in [1.29, 1.82) is 0 Å². The maximum Gasteiger partial charge on any atom is 0.318 e. The fraction of sp³-hybridized carbons (Fsp3) is 0.0833. The zero-order valence-electron chi connectivity index (χ0n) is 10.4. The number of benzene rings is 1. The second-order valence-corrected chi connectivity index (χ2v) is 4.02. The van der Waals surface area contributed by atoms with Crippen LogP contribution in [0.3, 0.4) is 0 Å². The molecule has 1 aromatic carbocycles. The maximum atomic E-state index is 11.0. The zero-order valence-corrected chi connectivity index (χ0v) is 10.4. The zero-order chi connectivity index (χ0) is 14.7. The van der Waals surface area contributed by atoms with Gasteiger partial charge < -0.3 is 5.32 Å². The number of nitro groups is 2. The van der Waals surface area contributed by atoms with E-state index in [1.807, 2.05) is 19.1 Å². The van der Waals surface area contributed by atoms with Gasteiger partial charge in [0.05, 0.1) is 15.9 Å². The summed E-state index contributed by atoms with van der Waals surface area (Å²) in [4.78, 5) is 23.9. The monoisotopic (exact) mass is 274 g/mol. The van der Waals surface area contributed by atoms with Crippen LogP contribution in [0.2, 0.25) is 0 Å². The molecule has 1 aromatic heterocycles. The molecule has 102 valence electrons. The normalized spacial score (nSPS) is 10.1. The van der Waals surface area contributed by atoms with Crippen molar-refractivity contribution < 1.29 is 9.85 Å². The quantitative estimate of drug-likeness (QED) is 0.677. The lowest BCUT2D eigenvalue weighted by Crippen LogP contribution is -2.02. The highest BCUT2D eigenvalue weighted by Gasteiger charge is 2.21. The van der Waals surface area contributed by atoms with Crippen LogP contribution in [0, 0.1) is 27.2 Å². The number of hydrogen-bond donors (Lipinski definition) is 1. The highest BCUT2D eigenvalue weighted by molar-refractivity contribution is 5.68. The Balaban J connectivity index is 2.44. The van der Waals surface area contributed by atoms with Gasteiger partial charge in [-0.1, -0.05) is 18.2 Å². The van der Waals surface area contributed by atoms with E-state index in [2.05, 4.69) is 10.3 Å². The Morgan fingerprint density at radius 1 is 1.15 bits per heavy atom. The third-order valence-corrected chi connectivity index (χ3v) is 2.66. The minimum absolute atomic E-state index is 0.0325. The molecule has 0 saturated heterocycles. The first-order chi connectivity index (χ1) is 9.49. The Morgan fingerprint density at radius 3 is 2.45 bits per heavy atom. The molecule has 0 amide bonds. The smallest absolute Gasteiger partial charge is 0.318 e. The van der Waals surface area contributed by atoms with Gasteiger partial charge in [0.25, 0.3) is 5.69 Å². The van der Waals surface area contributed by atoms with Gasteiger partial charge in [-0.05, 0) is 18.6 Å². The molecule has 0 unspecified atom stereocenters. The molecule has 0 aliphatic rings. The Hall–Kier alpha value is -3.03. The van der Waals surface area contributed by atoms with Crippen LogP contribution >= 0.6 is 0 Å². The molecule has 0 atom stereocenters. The highest BCUT2D eigenvalue weighted by atomic mass is 16.6. The van der Waals surface area contributed by atoms with Gasteiger partial charge in [0.1, 0.15) is 6.20 Å². The van der Waals surface area contributed by atoms with Crippen molar-refractivity contribution in [3.05, 3.63) is 62.3 Å². The third-order valence-electron chi connectivity index (χ3n) is 2.66. The first-order valence-electron chi connectivity index (χ1n) is 5.60. The minimum Gasteiger partial charge on any atom is -0.334 e. The molecule has 0 aliphatic carbocycles. The summed E-state index contributed by atoms with van der Waals surface area (Å²) < 4.78 is 0. The number of pyridine rings is 1. The summed E-state index contributed by atoms with van der Waals surface area (Å²) in [6.07, 6.45) is 0.980. The van der Waals surface area contributed by atoms with Crippen molar-refractivity contribution in [2.75, 3.05) is 5.32 Å². The number of nitrogens with one attached hydrogen (secondary N) is 1. The number of aromatic nitrogens is 1. The molecular weight excluding hydrogens is 264 g/mol. The summed E-state index contributed by atoms with van der Waals surface area (Å²) in [5.74, 6) is -0.0325. The van der Waals surface area contributed by atoms with Crippen molar-refractivity contribution in [1.82, 2.24) is 4.98 Å². The summed E-state index contributed by atoms with van der Waals surface area (Å²) in [5.41, 5.74) is 0.661. The second kappa shape index (κ2) is 5.31. The largest absolute Gasteiger partial charge is 0.334 e. The van der Waals surface area contributed by atoms with Crippen molar-refractivity contribution in [3.8, 4) is 0 Å². The van der Waals surface area contributed by atoms with Crippen LogP contribution in [0.5, 0.6) is 0 Å². The molecule has 20 heavy (non-hydrogen) atoms. The van der Waals surface area contributed by atoms with E-state index >= 15 is 0 Å². The van der Waals surface area contributed by atoms with E-state index in [1.165, 1.54) is 0 Å². The average Bonchev–Trinajstić information content (AvgIpc) is 2.41.